The van der Waals surface area contributed by atoms with Crippen LogP contribution >= 0.6 is 11.6 Å². The van der Waals surface area contributed by atoms with Gasteiger partial charge in [-0.2, -0.15) is 0 Å². The number of aromatic nitrogens is 6. The molecular formula is C20H19ClN6O2. The van der Waals surface area contributed by atoms with Gasteiger partial charge in [-0.3, -0.25) is 14.2 Å². The predicted octanol–water partition coefficient (Wildman–Crippen LogP) is 3.82. The van der Waals surface area contributed by atoms with Crippen LogP contribution in [-0.2, 0) is 0 Å². The van der Waals surface area contributed by atoms with Crippen LogP contribution in [0.5, 0.6) is 0 Å². The van der Waals surface area contributed by atoms with Crippen LogP contribution in [0.25, 0.3) is 5.82 Å². The van der Waals surface area contributed by atoms with E-state index in [1.807, 2.05) is 0 Å². The number of nitrogens with zero attached hydrogens (tertiary/aromatic N) is 5. The third kappa shape index (κ3) is 7.47. The number of carbonyl (C=O) groups is 2. The fourth-order valence-corrected chi connectivity index (χ4v) is 2.05. The molecule has 0 aliphatic carbocycles. The molecule has 4 aromatic rings. The molecular weight excluding hydrogens is 392 g/mol. The summed E-state index contributed by atoms with van der Waals surface area (Å²) in [5.41, 5.74) is 1.21. The molecule has 0 aliphatic rings. The molecule has 0 saturated heterocycles. The summed E-state index contributed by atoms with van der Waals surface area (Å²) in [7, 11) is 0. The standard InChI is InChI=1S/C10H9N3O.C7H6ClNO.C3H4N2/c1-8(14)9-2-3-10(12-6-9)13-5-4-11-7-13;1-5(10)6-2-3-7(8)9-4-6;1-2-5-3-4-1/h2-7H,1H3;2-4H,1H3;1-3H,(H,4,5). The molecule has 4 rings (SSSR count). The number of ketones is 2. The lowest BCUT2D eigenvalue weighted by Gasteiger charge is -2.00. The molecule has 0 amide bonds. The Balaban J connectivity index is 0.000000173. The Bertz CT molecular complexity index is 981. The third-order valence-corrected chi connectivity index (χ3v) is 3.69. The number of imidazole rings is 2. The van der Waals surface area contributed by atoms with E-state index in [9.17, 15) is 9.59 Å². The summed E-state index contributed by atoms with van der Waals surface area (Å²) in [6.07, 6.45) is 13.3. The molecule has 0 aliphatic heterocycles. The molecule has 0 aromatic carbocycles. The van der Waals surface area contributed by atoms with Crippen LogP contribution in [0.3, 0.4) is 0 Å². The van der Waals surface area contributed by atoms with Crippen molar-refractivity contribution < 1.29 is 9.59 Å². The van der Waals surface area contributed by atoms with Crippen molar-refractivity contribution in [3.8, 4) is 5.82 Å². The van der Waals surface area contributed by atoms with Crippen LogP contribution < -0.4 is 0 Å². The quantitative estimate of drug-likeness (QED) is 0.406. The average Bonchev–Trinajstić information content (AvgIpc) is 3.45. The third-order valence-electron chi connectivity index (χ3n) is 3.46. The van der Waals surface area contributed by atoms with Crippen molar-refractivity contribution in [1.82, 2.24) is 29.5 Å². The smallest absolute Gasteiger partial charge is 0.161 e. The van der Waals surface area contributed by atoms with E-state index in [-0.39, 0.29) is 11.6 Å². The SMILES string of the molecule is CC(=O)c1ccc(-n2ccnc2)nc1.CC(=O)c1ccc(Cl)nc1.c1c[nH]cn1. The number of hydrogen-bond acceptors (Lipinski definition) is 6. The van der Waals surface area contributed by atoms with Crippen molar-refractivity contribution in [3.05, 3.63) is 90.4 Å². The first-order valence-electron chi connectivity index (χ1n) is 8.48. The van der Waals surface area contributed by atoms with Crippen LogP contribution in [-0.4, -0.2) is 41.1 Å². The summed E-state index contributed by atoms with van der Waals surface area (Å²) in [5.74, 6) is 0.784. The minimum Gasteiger partial charge on any atom is -0.351 e. The fourth-order valence-electron chi connectivity index (χ4n) is 1.94. The summed E-state index contributed by atoms with van der Waals surface area (Å²) in [6.45, 7) is 3.01. The van der Waals surface area contributed by atoms with E-state index in [4.69, 9.17) is 11.6 Å². The van der Waals surface area contributed by atoms with Gasteiger partial charge < -0.3 is 4.98 Å². The number of carbonyl (C=O) groups excluding carboxylic acids is 2. The van der Waals surface area contributed by atoms with Crippen LogP contribution in [0.2, 0.25) is 5.15 Å². The molecule has 0 spiro atoms. The van der Waals surface area contributed by atoms with Gasteiger partial charge in [-0.25, -0.2) is 19.9 Å². The van der Waals surface area contributed by atoms with Crippen molar-refractivity contribution in [2.75, 3.05) is 0 Å². The van der Waals surface area contributed by atoms with E-state index in [0.717, 1.165) is 5.82 Å². The van der Waals surface area contributed by atoms with E-state index in [1.165, 1.54) is 20.0 Å². The Kier molecular flexibility index (Phi) is 8.40. The molecule has 8 nitrogen and oxygen atoms in total. The number of pyridine rings is 2. The molecule has 0 unspecified atom stereocenters. The van der Waals surface area contributed by atoms with Crippen LogP contribution in [0.15, 0.2) is 74.1 Å². The van der Waals surface area contributed by atoms with Gasteiger partial charge in [-0.15, -0.1) is 0 Å². The predicted molar refractivity (Wildman–Crippen MR) is 109 cm³/mol. The largest absolute Gasteiger partial charge is 0.351 e. The number of nitrogens with one attached hydrogen (secondary N) is 1. The highest BCUT2D eigenvalue weighted by atomic mass is 35.5. The number of rotatable bonds is 3. The first-order valence-corrected chi connectivity index (χ1v) is 8.85. The number of Topliss-reactive ketones (excluding diaryl/α,β-unsaturated/α-hetero) is 2. The monoisotopic (exact) mass is 410 g/mol. The van der Waals surface area contributed by atoms with E-state index >= 15 is 0 Å². The van der Waals surface area contributed by atoms with Gasteiger partial charge >= 0.3 is 0 Å². The zero-order valence-corrected chi connectivity index (χ0v) is 16.6. The highest BCUT2D eigenvalue weighted by Crippen LogP contribution is 2.06. The summed E-state index contributed by atoms with van der Waals surface area (Å²) in [6, 6.07) is 6.79. The summed E-state index contributed by atoms with van der Waals surface area (Å²) in [4.78, 5) is 39.9. The van der Waals surface area contributed by atoms with Crippen LogP contribution in [0.1, 0.15) is 34.6 Å². The van der Waals surface area contributed by atoms with Crippen molar-refractivity contribution >= 4 is 23.2 Å². The van der Waals surface area contributed by atoms with Gasteiger partial charge in [0.25, 0.3) is 0 Å². The molecule has 4 aromatic heterocycles. The molecule has 0 fully saturated rings. The maximum atomic E-state index is 11.0. The average molecular weight is 411 g/mol. The zero-order chi connectivity index (χ0) is 21.1. The molecule has 9 heteroatoms. The lowest BCUT2D eigenvalue weighted by molar-refractivity contribution is 0.100. The minimum atomic E-state index is 0.00386. The van der Waals surface area contributed by atoms with Crippen molar-refractivity contribution in [1.29, 1.82) is 0 Å². The summed E-state index contributed by atoms with van der Waals surface area (Å²) >= 11 is 5.49. The number of hydrogen-bond donors (Lipinski definition) is 1. The Morgan fingerprint density at radius 3 is 2.00 bits per heavy atom. The lowest BCUT2D eigenvalue weighted by atomic mass is 10.2. The molecule has 0 bridgehead atoms. The van der Waals surface area contributed by atoms with Gasteiger partial charge in [0, 0.05) is 48.3 Å². The molecule has 0 saturated carbocycles. The number of H-pyrrole nitrogens is 1. The maximum absolute atomic E-state index is 11.0. The van der Waals surface area contributed by atoms with Gasteiger partial charge in [0.1, 0.15) is 17.3 Å². The van der Waals surface area contributed by atoms with Crippen molar-refractivity contribution in [2.45, 2.75) is 13.8 Å². The molecule has 1 N–H and O–H groups in total. The van der Waals surface area contributed by atoms with E-state index in [0.29, 0.717) is 16.3 Å². The molecule has 148 valence electrons. The van der Waals surface area contributed by atoms with Crippen molar-refractivity contribution in [2.24, 2.45) is 0 Å². The first-order chi connectivity index (χ1) is 14.0. The van der Waals surface area contributed by atoms with E-state index < -0.39 is 0 Å². The van der Waals surface area contributed by atoms with Gasteiger partial charge in [0.15, 0.2) is 11.6 Å². The van der Waals surface area contributed by atoms with Gasteiger partial charge in [0.05, 0.1) is 6.33 Å². The minimum absolute atomic E-state index is 0.00386. The Morgan fingerprint density at radius 2 is 1.62 bits per heavy atom. The fraction of sp³-hybridized carbons (Fsp3) is 0.100. The lowest BCUT2D eigenvalue weighted by Crippen LogP contribution is -1.97. The highest BCUT2D eigenvalue weighted by molar-refractivity contribution is 6.29. The number of aromatic amines is 1. The molecule has 29 heavy (non-hydrogen) atoms. The van der Waals surface area contributed by atoms with Gasteiger partial charge in [0.2, 0.25) is 0 Å². The maximum Gasteiger partial charge on any atom is 0.161 e. The molecule has 0 atom stereocenters. The van der Waals surface area contributed by atoms with Crippen LogP contribution in [0.4, 0.5) is 0 Å². The second-order valence-electron chi connectivity index (χ2n) is 5.62. The molecule has 0 radical (unpaired) electrons. The molecule has 4 heterocycles. The van der Waals surface area contributed by atoms with E-state index in [2.05, 4.69) is 24.9 Å². The normalized spacial score (nSPS) is 9.48. The highest BCUT2D eigenvalue weighted by Gasteiger charge is 2.00. The zero-order valence-electron chi connectivity index (χ0n) is 15.9. The van der Waals surface area contributed by atoms with Gasteiger partial charge in [-0.1, -0.05) is 11.6 Å². The summed E-state index contributed by atoms with van der Waals surface area (Å²) in [5, 5.41) is 0.407. The van der Waals surface area contributed by atoms with Gasteiger partial charge in [-0.05, 0) is 38.1 Å². The Morgan fingerprint density at radius 1 is 0.931 bits per heavy atom. The Hall–Kier alpha value is -3.65. The topological polar surface area (TPSA) is 106 Å². The van der Waals surface area contributed by atoms with Crippen LogP contribution in [0, 0.1) is 0 Å². The van der Waals surface area contributed by atoms with E-state index in [1.54, 1.807) is 72.5 Å². The second-order valence-corrected chi connectivity index (χ2v) is 6.00. The number of halogens is 1. The Labute approximate surface area is 172 Å². The van der Waals surface area contributed by atoms with Crippen molar-refractivity contribution in [3.63, 3.8) is 0 Å². The second kappa shape index (κ2) is 11.3. The first kappa shape index (κ1) is 21.6. The summed E-state index contributed by atoms with van der Waals surface area (Å²) < 4.78 is 1.78.